The number of phenols is 8. The van der Waals surface area contributed by atoms with Crippen LogP contribution < -0.4 is 9.47 Å². The highest BCUT2D eigenvalue weighted by molar-refractivity contribution is 5.88. The van der Waals surface area contributed by atoms with E-state index in [-0.39, 0.29) is 62.3 Å². The van der Waals surface area contributed by atoms with Crippen molar-refractivity contribution in [3.63, 3.8) is 0 Å². The van der Waals surface area contributed by atoms with Gasteiger partial charge in [0.1, 0.15) is 140 Å². The molecule has 101 heavy (non-hydrogen) atoms. The topological polar surface area (TPSA) is 570 Å². The monoisotopic (exact) mass is 1420 g/mol. The van der Waals surface area contributed by atoms with Gasteiger partial charge in [0.2, 0.25) is 18.9 Å². The molecule has 5 heterocycles. The zero-order chi connectivity index (χ0) is 72.8. The molecule has 0 aliphatic carbocycles. The number of aromatic hydroxyl groups is 9. The van der Waals surface area contributed by atoms with Gasteiger partial charge >= 0.3 is 17.9 Å². The highest BCUT2D eigenvalue weighted by atomic mass is 16.8. The lowest BCUT2D eigenvalue weighted by molar-refractivity contribution is -0.364. The molecular formula is C66H71O35+. The number of hydrogen-bond acceptors (Lipinski definition) is 34. The van der Waals surface area contributed by atoms with Gasteiger partial charge < -0.3 is 159 Å². The average Bonchev–Trinajstić information content (AvgIpc) is 0.760. The lowest BCUT2D eigenvalue weighted by Crippen LogP contribution is -2.64. The zero-order valence-corrected chi connectivity index (χ0v) is 52.2. The van der Waals surface area contributed by atoms with Crippen molar-refractivity contribution in [3.05, 3.63) is 137 Å². The van der Waals surface area contributed by atoms with E-state index in [1.807, 2.05) is 0 Å². The first kappa shape index (κ1) is 74.1. The van der Waals surface area contributed by atoms with Crippen LogP contribution in [-0.2, 0) is 57.0 Å². The van der Waals surface area contributed by atoms with Gasteiger partial charge in [-0.15, -0.1) is 0 Å². The maximum atomic E-state index is 13.4. The number of aliphatic hydroxyl groups excluding tert-OH is 12. The Labute approximate surface area is 569 Å². The van der Waals surface area contributed by atoms with E-state index in [2.05, 4.69) is 0 Å². The van der Waals surface area contributed by atoms with E-state index >= 15 is 0 Å². The summed E-state index contributed by atoms with van der Waals surface area (Å²) in [6.45, 7) is -3.32. The summed E-state index contributed by atoms with van der Waals surface area (Å²) in [6, 6.07) is 16.2. The van der Waals surface area contributed by atoms with Gasteiger partial charge in [-0.2, -0.15) is 0 Å². The molecule has 0 amide bonds. The normalized spacial score (nSPS) is 31.2. The lowest BCUT2D eigenvalue weighted by Gasteiger charge is -2.46. The molecule has 0 aromatic heterocycles. The summed E-state index contributed by atoms with van der Waals surface area (Å²) in [6.07, 6.45) is -32.8. The Balaban J connectivity index is 0.876. The van der Waals surface area contributed by atoms with Crippen LogP contribution in [0, 0.1) is 0 Å². The number of aliphatic hydroxyl groups is 13. The van der Waals surface area contributed by atoms with E-state index < -0.39 is 208 Å². The quantitative estimate of drug-likeness (QED) is 0.0112. The van der Waals surface area contributed by atoms with Crippen LogP contribution in [0.4, 0.5) is 0 Å². The second kappa shape index (κ2) is 31.9. The van der Waals surface area contributed by atoms with Crippen LogP contribution in [0.3, 0.4) is 0 Å². The Hall–Kier alpha value is -9.61. The summed E-state index contributed by atoms with van der Waals surface area (Å²) in [5.74, 6) is -8.33. The van der Waals surface area contributed by atoms with Crippen LogP contribution in [-0.4, -0.2) is 274 Å². The lowest BCUT2D eigenvalue weighted by atomic mass is 9.97. The third-order valence-corrected chi connectivity index (χ3v) is 16.4. The third-order valence-electron chi connectivity index (χ3n) is 16.4. The molecule has 5 aliphatic heterocycles. The molecule has 4 saturated heterocycles. The Morgan fingerprint density at radius 3 is 1.39 bits per heavy atom. The SMILES string of the molecule is O=C(C=Cc1cc(O)cc(O)c1)OCC1OC(Oc2ccc(C=CC(=O)OCC3OC(OC4=Cc5c(OC6OC(CO)C(O)C(O)C6O)cc(O)cc5[OH+]C4c4ccc(O)c(O)c4)C(OC4OC(COC(=O)C=Cc5ccc(O)c(O)c5)C(O)C(O)C4O)C(O)C3O)cc2O)C(O)C(O)C1O. The number of carbonyl (C=O) groups excluding carboxylic acids is 3. The molecule has 0 bridgehead atoms. The maximum absolute atomic E-state index is 13.4. The van der Waals surface area contributed by atoms with Crippen LogP contribution in [0.5, 0.6) is 63.2 Å². The number of hydrogen-bond donors (Lipinski definition) is 20. The Morgan fingerprint density at radius 2 is 0.851 bits per heavy atom. The third kappa shape index (κ3) is 17.4. The molecular weight excluding hydrogens is 1350 g/mol. The van der Waals surface area contributed by atoms with Crippen LogP contribution in [0.15, 0.2) is 109 Å². The first-order chi connectivity index (χ1) is 48.0. The smallest absolute Gasteiger partial charge is 0.330 e. The summed E-state index contributed by atoms with van der Waals surface area (Å²) in [5.41, 5.74) is 0.486. The molecule has 5 aromatic rings. The molecule has 5 aromatic carbocycles. The van der Waals surface area contributed by atoms with E-state index in [0.29, 0.717) is 0 Å². The van der Waals surface area contributed by atoms with Gasteiger partial charge in [0.05, 0.1) is 18.2 Å². The Kier molecular flexibility index (Phi) is 23.4. The molecule has 4 fully saturated rings. The number of esters is 3. The molecule has 21 N–H and O–H groups in total. The van der Waals surface area contributed by atoms with Gasteiger partial charge in [-0.1, -0.05) is 12.1 Å². The van der Waals surface area contributed by atoms with Crippen LogP contribution in [0.25, 0.3) is 24.3 Å². The molecule has 10 rings (SSSR count). The molecule has 35 heteroatoms. The van der Waals surface area contributed by atoms with Crippen molar-refractivity contribution >= 4 is 42.2 Å². The van der Waals surface area contributed by atoms with Gasteiger partial charge in [0.25, 0.3) is 11.9 Å². The highest BCUT2D eigenvalue weighted by Gasteiger charge is 2.54. The van der Waals surface area contributed by atoms with Gasteiger partial charge in [0, 0.05) is 36.4 Å². The van der Waals surface area contributed by atoms with Crippen molar-refractivity contribution < 1.29 is 173 Å². The van der Waals surface area contributed by atoms with E-state index in [0.717, 1.165) is 78.9 Å². The van der Waals surface area contributed by atoms with Crippen molar-refractivity contribution in [2.45, 2.75) is 129 Å². The summed E-state index contributed by atoms with van der Waals surface area (Å²) in [7, 11) is 0. The van der Waals surface area contributed by atoms with E-state index in [9.17, 15) is 117 Å². The van der Waals surface area contributed by atoms with Crippen LogP contribution in [0.1, 0.15) is 33.9 Å². The molecule has 0 saturated carbocycles. The summed E-state index contributed by atoms with van der Waals surface area (Å²) >= 11 is 0. The van der Waals surface area contributed by atoms with Gasteiger partial charge in [0.15, 0.2) is 52.7 Å². The molecule has 0 radical (unpaired) electrons. The minimum absolute atomic E-state index is 0.0285. The number of benzene rings is 5. The van der Waals surface area contributed by atoms with Crippen molar-refractivity contribution in [2.24, 2.45) is 0 Å². The standard InChI is InChI=1S/C66H70O35/c67-22-43-50(79)54(83)58(87)64(97-43)95-41-20-32(70)19-40-33(41)21-42(61(93-40)29-6-8-35(72)37(74)17-29)96-66-62(101-65-60(89)56(85)52(81)45(99-65)24-90-47(76)10-3-26-1-7-34(71)36(73)15-26)57(86)53(82)46(100-66)25-92-48(77)11-4-27-2-9-39(38(75)16-27)94-63-59(88)55(84)51(80)44(98-63)23-91-49(78)12-5-28-13-30(68)18-31(69)14-28/h1-21,43-46,50-75,79-89H,22-25H2/p+1. The summed E-state index contributed by atoms with van der Waals surface area (Å²) in [5, 5.41) is 213. The first-order valence-electron chi connectivity index (χ1n) is 30.6. The van der Waals surface area contributed by atoms with E-state index in [4.69, 9.17) is 56.8 Å². The number of phenolic OH excluding ortho intramolecular Hbond substituents is 8. The fraction of sp³-hybridized carbons (Fsp3) is 0.379. The number of rotatable bonds is 22. The van der Waals surface area contributed by atoms with E-state index in [1.165, 1.54) is 48.6 Å². The fourth-order valence-electron chi connectivity index (χ4n) is 10.9. The second-order valence-corrected chi connectivity index (χ2v) is 23.6. The molecule has 21 unspecified atom stereocenters. The van der Waals surface area contributed by atoms with Gasteiger partial charge in [-0.05, 0) is 89.5 Å². The number of ether oxygens (including phenoxy) is 12. The van der Waals surface area contributed by atoms with E-state index in [1.54, 1.807) is 0 Å². The Morgan fingerprint density at radius 1 is 0.406 bits per heavy atom. The summed E-state index contributed by atoms with van der Waals surface area (Å²) < 4.78 is 67.7. The maximum Gasteiger partial charge on any atom is 0.330 e. The first-order valence-corrected chi connectivity index (χ1v) is 30.6. The minimum Gasteiger partial charge on any atom is -0.571 e. The predicted octanol–water partition coefficient (Wildman–Crippen LogP) is -2.54. The van der Waals surface area contributed by atoms with Gasteiger partial charge in [-0.25, -0.2) is 14.4 Å². The summed E-state index contributed by atoms with van der Waals surface area (Å²) in [4.78, 5) is 38.8. The van der Waals surface area contributed by atoms with Crippen molar-refractivity contribution in [1.29, 1.82) is 0 Å². The molecule has 5 aliphatic rings. The zero-order valence-electron chi connectivity index (χ0n) is 52.2. The van der Waals surface area contributed by atoms with Crippen molar-refractivity contribution in [3.8, 4) is 63.2 Å². The number of fused-ring (bicyclic) bond motifs is 1. The molecule has 35 nitrogen and oxygen atoms in total. The molecule has 544 valence electrons. The molecule has 21 atom stereocenters. The average molecular weight is 1420 g/mol. The van der Waals surface area contributed by atoms with Crippen molar-refractivity contribution in [1.82, 2.24) is 0 Å². The van der Waals surface area contributed by atoms with Crippen LogP contribution >= 0.6 is 0 Å². The fourth-order valence-corrected chi connectivity index (χ4v) is 10.9. The number of carbonyl (C=O) groups is 3. The highest BCUT2D eigenvalue weighted by Crippen LogP contribution is 2.48. The van der Waals surface area contributed by atoms with Gasteiger partial charge in [-0.3, -0.25) is 0 Å². The predicted molar refractivity (Wildman–Crippen MR) is 333 cm³/mol. The largest absolute Gasteiger partial charge is 0.571 e. The van der Waals surface area contributed by atoms with Crippen molar-refractivity contribution in [2.75, 3.05) is 26.4 Å². The molecule has 0 spiro atoms. The Bertz CT molecular complexity index is 3870. The second-order valence-electron chi connectivity index (χ2n) is 23.6. The minimum atomic E-state index is -2.26. The van der Waals surface area contributed by atoms with Crippen LogP contribution in [0.2, 0.25) is 0 Å².